The highest BCUT2D eigenvalue weighted by molar-refractivity contribution is 6.26. The van der Waals surface area contributed by atoms with Gasteiger partial charge in [-0.1, -0.05) is 103 Å². The fraction of sp³-hybridized carbons (Fsp3) is 0.204. The average Bonchev–Trinajstić information content (AvgIpc) is 3.74. The Labute approximate surface area is 314 Å². The smallest absolute Gasteiger partial charge is 0.163 e. The van der Waals surface area contributed by atoms with Crippen LogP contribution in [0.3, 0.4) is 0 Å². The van der Waals surface area contributed by atoms with Crippen molar-refractivity contribution >= 4 is 43.6 Å². The van der Waals surface area contributed by atoms with Crippen LogP contribution in [-0.2, 0) is 5.41 Å². The lowest BCUT2D eigenvalue weighted by molar-refractivity contribution is -0.00938. The Bertz CT molecular complexity index is 2880. The molecule has 54 heavy (non-hydrogen) atoms. The van der Waals surface area contributed by atoms with Gasteiger partial charge in [0.2, 0.25) is 0 Å². The van der Waals surface area contributed by atoms with Gasteiger partial charge in [0.1, 0.15) is 5.82 Å². The summed E-state index contributed by atoms with van der Waals surface area (Å²) in [6.45, 7) is 0. The van der Waals surface area contributed by atoms with Gasteiger partial charge in [-0.15, -0.1) is 0 Å². The van der Waals surface area contributed by atoms with Gasteiger partial charge in [-0.05, 0) is 98.7 Å². The summed E-state index contributed by atoms with van der Waals surface area (Å²) in [6, 6.07) is 52.4. The van der Waals surface area contributed by atoms with Gasteiger partial charge in [-0.25, -0.2) is 15.0 Å². The molecule has 5 heteroatoms. The average molecular weight is 698 g/mol. The molecule has 4 aliphatic carbocycles. The molecule has 13 rings (SSSR count). The lowest BCUT2D eigenvalue weighted by atomic mass is 9.49. The summed E-state index contributed by atoms with van der Waals surface area (Å²) in [5.41, 5.74) is 9.17. The zero-order chi connectivity index (χ0) is 35.4. The number of hydrogen-bond donors (Lipinski definition) is 0. The van der Waals surface area contributed by atoms with E-state index in [4.69, 9.17) is 15.0 Å². The van der Waals surface area contributed by atoms with E-state index in [1.165, 1.54) is 82.1 Å². The molecule has 0 atom stereocenters. The largest absolute Gasteiger partial charge is 0.309 e. The van der Waals surface area contributed by atoms with Crippen LogP contribution < -0.4 is 0 Å². The first-order chi connectivity index (χ1) is 26.7. The Balaban J connectivity index is 1.10. The summed E-state index contributed by atoms with van der Waals surface area (Å²) in [7, 11) is 0. The first kappa shape index (κ1) is 30.4. The number of fused-ring (bicyclic) bond motifs is 7. The van der Waals surface area contributed by atoms with Gasteiger partial charge in [-0.3, -0.25) is 0 Å². The molecule has 4 bridgehead atoms. The highest BCUT2D eigenvalue weighted by Gasteiger charge is 2.53. The predicted octanol–water partition coefficient (Wildman–Crippen LogP) is 11.9. The number of para-hydroxylation sites is 3. The monoisotopic (exact) mass is 697 g/mol. The van der Waals surface area contributed by atoms with Crippen LogP contribution in [0.1, 0.15) is 44.3 Å². The predicted molar refractivity (Wildman–Crippen MR) is 219 cm³/mol. The molecule has 5 nitrogen and oxygen atoms in total. The van der Waals surface area contributed by atoms with Crippen LogP contribution in [0.5, 0.6) is 0 Å². The molecule has 9 aromatic rings. The second kappa shape index (κ2) is 11.5. The van der Waals surface area contributed by atoms with E-state index in [9.17, 15) is 0 Å². The van der Waals surface area contributed by atoms with Crippen molar-refractivity contribution < 1.29 is 0 Å². The van der Waals surface area contributed by atoms with Crippen LogP contribution in [0.2, 0.25) is 0 Å². The zero-order valence-corrected chi connectivity index (χ0v) is 30.1. The van der Waals surface area contributed by atoms with Crippen molar-refractivity contribution in [1.82, 2.24) is 24.1 Å². The van der Waals surface area contributed by atoms with Crippen molar-refractivity contribution in [3.8, 4) is 34.2 Å². The van der Waals surface area contributed by atoms with Crippen LogP contribution >= 0.6 is 0 Å². The van der Waals surface area contributed by atoms with Gasteiger partial charge in [0.05, 0.1) is 22.1 Å². The van der Waals surface area contributed by atoms with Crippen molar-refractivity contribution in [1.29, 1.82) is 0 Å². The van der Waals surface area contributed by atoms with E-state index in [0.29, 0.717) is 0 Å². The number of rotatable bonds is 5. The molecule has 3 aromatic heterocycles. The maximum absolute atomic E-state index is 5.46. The summed E-state index contributed by atoms with van der Waals surface area (Å²) in [5.74, 6) is 4.98. The van der Waals surface area contributed by atoms with E-state index in [0.717, 1.165) is 57.7 Å². The van der Waals surface area contributed by atoms with Crippen LogP contribution in [0.15, 0.2) is 146 Å². The first-order valence-electron chi connectivity index (χ1n) is 19.6. The third-order valence-electron chi connectivity index (χ3n) is 13.0. The van der Waals surface area contributed by atoms with Crippen molar-refractivity contribution in [3.63, 3.8) is 0 Å². The second-order valence-corrected chi connectivity index (χ2v) is 16.3. The minimum absolute atomic E-state index is 0.0545. The molecule has 0 spiro atoms. The number of hydrogen-bond acceptors (Lipinski definition) is 3. The zero-order valence-electron chi connectivity index (χ0n) is 30.1. The van der Waals surface area contributed by atoms with Gasteiger partial charge in [0.25, 0.3) is 0 Å². The Hall–Kier alpha value is -6.07. The summed E-state index contributed by atoms with van der Waals surface area (Å²) in [5, 5.41) is 4.98. The molecule has 6 aromatic carbocycles. The second-order valence-electron chi connectivity index (χ2n) is 16.3. The third kappa shape index (κ3) is 4.48. The highest BCUT2D eigenvalue weighted by Crippen LogP contribution is 2.60. The molecular formula is C49H39N5. The molecule has 0 N–H and O–H groups in total. The number of benzene rings is 6. The summed E-state index contributed by atoms with van der Waals surface area (Å²) in [4.78, 5) is 16.0. The van der Waals surface area contributed by atoms with Crippen molar-refractivity contribution in [2.75, 3.05) is 0 Å². The maximum atomic E-state index is 5.46. The SMILES string of the molecule is c1ccc(-c2nc(-c3cccc(-n4c5ccccc5c5ccc6c(c7ccccc7n6-c6ccccc6)c54)c3)nc(C34CC5CC(CC(C5)C3)C4)n2)cc1. The fourth-order valence-electron chi connectivity index (χ4n) is 11.3. The normalized spacial score (nSPS) is 21.9. The molecule has 0 unspecified atom stereocenters. The molecule has 0 aliphatic heterocycles. The van der Waals surface area contributed by atoms with Crippen LogP contribution in [0.25, 0.3) is 77.8 Å². The van der Waals surface area contributed by atoms with Crippen molar-refractivity contribution in [3.05, 3.63) is 151 Å². The van der Waals surface area contributed by atoms with Gasteiger partial charge in [0, 0.05) is 49.5 Å². The number of aromatic nitrogens is 5. The van der Waals surface area contributed by atoms with Gasteiger partial charge < -0.3 is 9.13 Å². The van der Waals surface area contributed by atoms with Crippen molar-refractivity contribution in [2.45, 2.75) is 43.9 Å². The molecule has 0 radical (unpaired) electrons. The molecule has 4 fully saturated rings. The van der Waals surface area contributed by atoms with Crippen molar-refractivity contribution in [2.24, 2.45) is 17.8 Å². The Morgan fingerprint density at radius 1 is 0.444 bits per heavy atom. The van der Waals surface area contributed by atoms with E-state index in [1.807, 2.05) is 0 Å². The quantitative estimate of drug-likeness (QED) is 0.180. The first-order valence-corrected chi connectivity index (χ1v) is 19.6. The molecule has 260 valence electrons. The van der Waals surface area contributed by atoms with E-state index in [2.05, 4.69) is 155 Å². The van der Waals surface area contributed by atoms with Crippen LogP contribution in [0.4, 0.5) is 0 Å². The van der Waals surface area contributed by atoms with E-state index < -0.39 is 0 Å². The molecule has 4 saturated carbocycles. The van der Waals surface area contributed by atoms with Gasteiger partial charge in [-0.2, -0.15) is 0 Å². The summed E-state index contributed by atoms with van der Waals surface area (Å²) >= 11 is 0. The fourth-order valence-corrected chi connectivity index (χ4v) is 11.3. The minimum Gasteiger partial charge on any atom is -0.309 e. The molecule has 4 aliphatic rings. The molecular weight excluding hydrogens is 659 g/mol. The Kier molecular flexibility index (Phi) is 6.45. The van der Waals surface area contributed by atoms with E-state index in [-0.39, 0.29) is 5.41 Å². The lowest BCUT2D eigenvalue weighted by Gasteiger charge is -2.56. The van der Waals surface area contributed by atoms with Crippen LogP contribution in [-0.4, -0.2) is 24.1 Å². The van der Waals surface area contributed by atoms with E-state index >= 15 is 0 Å². The van der Waals surface area contributed by atoms with E-state index in [1.54, 1.807) is 0 Å². The highest BCUT2D eigenvalue weighted by atomic mass is 15.1. The number of nitrogens with zero attached hydrogens (tertiary/aromatic N) is 5. The standard InChI is InChI=1S/C49H39N5/c1-3-12-34(13-4-1)46-50-47(52-48(51-46)49-28-31-24-32(29-49)26-33(25-31)30-49)35-14-11-17-37(27-35)54-41-20-9-7-18-38(41)39-22-23-43-44(45(39)54)40-19-8-10-21-42(40)53(43)36-15-5-2-6-16-36/h1-23,27,31-33H,24-26,28-30H2. The molecule has 0 amide bonds. The summed E-state index contributed by atoms with van der Waals surface area (Å²) < 4.78 is 4.88. The topological polar surface area (TPSA) is 48.5 Å². The molecule has 0 saturated heterocycles. The maximum Gasteiger partial charge on any atom is 0.163 e. The third-order valence-corrected chi connectivity index (χ3v) is 13.0. The molecule has 3 heterocycles. The minimum atomic E-state index is 0.0545. The Morgan fingerprint density at radius 3 is 1.74 bits per heavy atom. The lowest BCUT2D eigenvalue weighted by Crippen LogP contribution is -2.49. The van der Waals surface area contributed by atoms with Gasteiger partial charge in [0.15, 0.2) is 11.6 Å². The Morgan fingerprint density at radius 2 is 1.02 bits per heavy atom. The van der Waals surface area contributed by atoms with Gasteiger partial charge >= 0.3 is 0 Å². The summed E-state index contributed by atoms with van der Waals surface area (Å²) in [6.07, 6.45) is 7.81. The van der Waals surface area contributed by atoms with Crippen LogP contribution in [0, 0.1) is 17.8 Å².